The number of ether oxygens (including phenoxy) is 1. The van der Waals surface area contributed by atoms with E-state index < -0.39 is 38.1 Å². The monoisotopic (exact) mass is 241 g/mol. The van der Waals surface area contributed by atoms with Gasteiger partial charge >= 0.3 is 0 Å². The van der Waals surface area contributed by atoms with Gasteiger partial charge in [0.25, 0.3) is 0 Å². The summed E-state index contributed by atoms with van der Waals surface area (Å²) in [4.78, 5) is -1.25. The first-order valence-electron chi connectivity index (χ1n) is 3.53. The van der Waals surface area contributed by atoms with Crippen molar-refractivity contribution in [3.63, 3.8) is 0 Å². The minimum absolute atomic E-state index is 0.257. The molecule has 0 aliphatic carbocycles. The summed E-state index contributed by atoms with van der Waals surface area (Å²) in [6.45, 7) is 0. The van der Waals surface area contributed by atoms with E-state index in [1.807, 2.05) is 0 Å². The summed E-state index contributed by atoms with van der Waals surface area (Å²) in [5.74, 6) is -5.85. The number of sulfonamides is 1. The first-order chi connectivity index (χ1) is 6.79. The van der Waals surface area contributed by atoms with Crippen molar-refractivity contribution in [2.24, 2.45) is 5.14 Å². The van der Waals surface area contributed by atoms with Crippen LogP contribution in [0.15, 0.2) is 11.0 Å². The quantitative estimate of drug-likeness (QED) is 0.777. The van der Waals surface area contributed by atoms with Crippen molar-refractivity contribution in [1.29, 1.82) is 0 Å². The van der Waals surface area contributed by atoms with Crippen LogP contribution in [0.1, 0.15) is 0 Å². The topological polar surface area (TPSA) is 69.4 Å². The molecular formula is C7H6F3NO3S. The standard InChI is InChI=1S/C7H6F3NO3S/c1-14-7-3(8)2-4(15(11,12)13)5(9)6(7)10/h2H,1H3,(H2,11,12,13). The number of hydrogen-bond acceptors (Lipinski definition) is 3. The number of hydrogen-bond donors (Lipinski definition) is 1. The van der Waals surface area contributed by atoms with Gasteiger partial charge in [-0.25, -0.2) is 22.3 Å². The summed E-state index contributed by atoms with van der Waals surface area (Å²) in [5.41, 5.74) is 0. The summed E-state index contributed by atoms with van der Waals surface area (Å²) >= 11 is 0. The van der Waals surface area contributed by atoms with E-state index in [1.54, 1.807) is 0 Å². The Balaban J connectivity index is 3.62. The van der Waals surface area contributed by atoms with Gasteiger partial charge in [0.15, 0.2) is 17.4 Å². The lowest BCUT2D eigenvalue weighted by molar-refractivity contribution is 0.341. The molecule has 1 rings (SSSR count). The average molecular weight is 241 g/mol. The van der Waals surface area contributed by atoms with E-state index in [4.69, 9.17) is 0 Å². The van der Waals surface area contributed by atoms with Crippen molar-refractivity contribution in [3.8, 4) is 5.75 Å². The molecule has 0 bridgehead atoms. The largest absolute Gasteiger partial charge is 0.491 e. The Kier molecular flexibility index (Phi) is 2.91. The highest BCUT2D eigenvalue weighted by molar-refractivity contribution is 7.89. The maximum Gasteiger partial charge on any atom is 0.241 e. The molecular weight excluding hydrogens is 235 g/mol. The van der Waals surface area contributed by atoms with Gasteiger partial charge in [-0.15, -0.1) is 0 Å². The molecule has 84 valence electrons. The zero-order valence-electron chi connectivity index (χ0n) is 7.42. The second kappa shape index (κ2) is 3.70. The molecule has 15 heavy (non-hydrogen) atoms. The minimum Gasteiger partial charge on any atom is -0.491 e. The normalized spacial score (nSPS) is 11.5. The number of benzene rings is 1. The van der Waals surface area contributed by atoms with Gasteiger partial charge in [0.05, 0.1) is 7.11 Å². The van der Waals surface area contributed by atoms with Crippen LogP contribution in [0.4, 0.5) is 13.2 Å². The minimum atomic E-state index is -4.51. The summed E-state index contributed by atoms with van der Waals surface area (Å²) < 4.78 is 64.6. The Hall–Kier alpha value is -1.28. The van der Waals surface area contributed by atoms with Crippen LogP contribution in [0.3, 0.4) is 0 Å². The smallest absolute Gasteiger partial charge is 0.241 e. The third kappa shape index (κ3) is 2.05. The number of primary sulfonamides is 1. The molecule has 1 aromatic rings. The van der Waals surface area contributed by atoms with Gasteiger partial charge in [-0.2, -0.15) is 4.39 Å². The molecule has 0 heterocycles. The predicted molar refractivity (Wildman–Crippen MR) is 44.2 cm³/mol. The first kappa shape index (κ1) is 11.8. The van der Waals surface area contributed by atoms with Crippen LogP contribution in [-0.2, 0) is 10.0 Å². The molecule has 0 spiro atoms. The van der Waals surface area contributed by atoms with E-state index in [0.29, 0.717) is 0 Å². The van der Waals surface area contributed by atoms with Gasteiger partial charge < -0.3 is 4.74 Å². The molecule has 2 N–H and O–H groups in total. The van der Waals surface area contributed by atoms with Crippen LogP contribution < -0.4 is 9.88 Å². The third-order valence-electron chi connectivity index (χ3n) is 1.59. The Morgan fingerprint density at radius 2 is 1.80 bits per heavy atom. The highest BCUT2D eigenvalue weighted by atomic mass is 32.2. The molecule has 8 heteroatoms. The molecule has 0 saturated heterocycles. The summed E-state index contributed by atoms with van der Waals surface area (Å²) in [6.07, 6.45) is 0. The lowest BCUT2D eigenvalue weighted by Crippen LogP contribution is -2.16. The fraction of sp³-hybridized carbons (Fsp3) is 0.143. The van der Waals surface area contributed by atoms with Crippen molar-refractivity contribution in [2.45, 2.75) is 4.90 Å². The van der Waals surface area contributed by atoms with E-state index in [-0.39, 0.29) is 6.07 Å². The van der Waals surface area contributed by atoms with Gasteiger partial charge in [0, 0.05) is 6.07 Å². The van der Waals surface area contributed by atoms with Crippen LogP contribution in [0.2, 0.25) is 0 Å². The highest BCUT2D eigenvalue weighted by Gasteiger charge is 2.25. The Bertz CT molecular complexity index is 501. The molecule has 0 atom stereocenters. The van der Waals surface area contributed by atoms with Crippen molar-refractivity contribution in [3.05, 3.63) is 23.5 Å². The van der Waals surface area contributed by atoms with Crippen molar-refractivity contribution >= 4 is 10.0 Å². The van der Waals surface area contributed by atoms with Crippen LogP contribution in [-0.4, -0.2) is 15.5 Å². The zero-order valence-corrected chi connectivity index (χ0v) is 8.24. The molecule has 1 aromatic carbocycles. The van der Waals surface area contributed by atoms with Crippen LogP contribution >= 0.6 is 0 Å². The fourth-order valence-corrected chi connectivity index (χ4v) is 1.56. The van der Waals surface area contributed by atoms with Gasteiger partial charge in [-0.3, -0.25) is 0 Å². The molecule has 0 unspecified atom stereocenters. The molecule has 0 aliphatic rings. The van der Waals surface area contributed by atoms with Gasteiger partial charge in [0.2, 0.25) is 15.8 Å². The first-order valence-corrected chi connectivity index (χ1v) is 5.08. The molecule has 0 aromatic heterocycles. The fourth-order valence-electron chi connectivity index (χ4n) is 0.951. The Labute approximate surface area is 83.5 Å². The number of rotatable bonds is 2. The maximum absolute atomic E-state index is 13.0. The second-order valence-corrected chi connectivity index (χ2v) is 4.09. The Morgan fingerprint density at radius 1 is 1.27 bits per heavy atom. The lowest BCUT2D eigenvalue weighted by atomic mass is 10.3. The molecule has 0 fully saturated rings. The summed E-state index contributed by atoms with van der Waals surface area (Å²) in [6, 6.07) is 0.257. The van der Waals surface area contributed by atoms with E-state index in [0.717, 1.165) is 7.11 Å². The number of nitrogens with two attached hydrogens (primary N) is 1. The summed E-state index contributed by atoms with van der Waals surface area (Å²) in [7, 11) is -3.60. The lowest BCUT2D eigenvalue weighted by Gasteiger charge is -2.07. The van der Waals surface area contributed by atoms with Gasteiger partial charge in [-0.05, 0) is 0 Å². The third-order valence-corrected chi connectivity index (χ3v) is 2.50. The average Bonchev–Trinajstić information content (AvgIpc) is 2.10. The highest BCUT2D eigenvalue weighted by Crippen LogP contribution is 2.27. The molecule has 4 nitrogen and oxygen atoms in total. The van der Waals surface area contributed by atoms with E-state index >= 15 is 0 Å². The van der Waals surface area contributed by atoms with E-state index in [2.05, 4.69) is 9.88 Å². The predicted octanol–water partition coefficient (Wildman–Crippen LogP) is 0.760. The van der Waals surface area contributed by atoms with Crippen molar-refractivity contribution < 1.29 is 26.3 Å². The maximum atomic E-state index is 13.0. The van der Waals surface area contributed by atoms with Crippen molar-refractivity contribution in [2.75, 3.05) is 7.11 Å². The van der Waals surface area contributed by atoms with Crippen LogP contribution in [0.25, 0.3) is 0 Å². The molecule has 0 amide bonds. The Morgan fingerprint density at radius 3 is 2.20 bits per heavy atom. The molecule has 0 saturated carbocycles. The molecule has 0 aliphatic heterocycles. The van der Waals surface area contributed by atoms with E-state index in [9.17, 15) is 21.6 Å². The second-order valence-electron chi connectivity index (χ2n) is 2.56. The summed E-state index contributed by atoms with van der Waals surface area (Å²) in [5, 5.41) is 4.54. The molecule has 0 radical (unpaired) electrons. The number of halogens is 3. The van der Waals surface area contributed by atoms with Gasteiger partial charge in [-0.1, -0.05) is 0 Å². The van der Waals surface area contributed by atoms with Crippen molar-refractivity contribution in [1.82, 2.24) is 0 Å². The van der Waals surface area contributed by atoms with Gasteiger partial charge in [0.1, 0.15) is 4.90 Å². The zero-order chi connectivity index (χ0) is 11.8. The SMILES string of the molecule is COc1c(F)cc(S(N)(=O)=O)c(F)c1F. The van der Waals surface area contributed by atoms with Crippen LogP contribution in [0, 0.1) is 17.5 Å². The van der Waals surface area contributed by atoms with Crippen LogP contribution in [0.5, 0.6) is 5.75 Å². The van der Waals surface area contributed by atoms with E-state index in [1.165, 1.54) is 0 Å². The number of methoxy groups -OCH3 is 1.